The minimum Gasteiger partial charge on any atom is -0.496 e. The topological polar surface area (TPSA) is 159 Å². The molecule has 12 heteroatoms. The van der Waals surface area contributed by atoms with Gasteiger partial charge in [-0.2, -0.15) is 4.72 Å². The number of carbonyl (C=O) groups is 1. The first-order chi connectivity index (χ1) is 29.3. The Kier molecular flexibility index (Phi) is 32.5. The summed E-state index contributed by atoms with van der Waals surface area (Å²) in [7, 11) is -2.58. The number of amides is 1. The van der Waals surface area contributed by atoms with E-state index in [0.29, 0.717) is 42.9 Å². The van der Waals surface area contributed by atoms with Crippen LogP contribution in [0.2, 0.25) is 0 Å². The fraction of sp³-hybridized carbons (Fsp3) is 0.837. The van der Waals surface area contributed by atoms with Crippen LogP contribution in [-0.4, -0.2) is 70.4 Å². The molecule has 0 saturated carbocycles. The lowest BCUT2D eigenvalue weighted by molar-refractivity contribution is -0.228. The van der Waals surface area contributed by atoms with E-state index >= 15 is 0 Å². The Balaban J connectivity index is 3.10. The van der Waals surface area contributed by atoms with Crippen LogP contribution in [0.5, 0.6) is 5.75 Å². The Morgan fingerprint density at radius 1 is 0.705 bits per heavy atom. The standard InChI is InChI=1S/C49H93N5O6S/c1-9-12-14-16-18-20-22-23-24-25-27-29-31-35-45(43(7)59-38-32-30-28-26-21-19-17-15-13-10-2)60-54(37-11-3)48(55)44(34-33-36-52-49(50)51)53-61(56,57)47-40(4)39-46(58-8)41(5)42(47)6/h39,43-45,53H,9-38H2,1-8H3,(H4,50,51,52)/t43?,44-,45?/m0/s1. The summed E-state index contributed by atoms with van der Waals surface area (Å²) in [5.74, 6) is 0.121. The number of aliphatic imine (C=N–C) groups is 1. The number of nitrogens with zero attached hydrogens (tertiary/aromatic N) is 2. The summed E-state index contributed by atoms with van der Waals surface area (Å²) in [6.45, 7) is 15.1. The zero-order chi connectivity index (χ0) is 45.3. The lowest BCUT2D eigenvalue weighted by Gasteiger charge is -2.33. The fourth-order valence-electron chi connectivity index (χ4n) is 8.09. The molecule has 0 saturated heterocycles. The van der Waals surface area contributed by atoms with E-state index in [0.717, 1.165) is 37.7 Å². The van der Waals surface area contributed by atoms with Crippen LogP contribution in [0.1, 0.15) is 218 Å². The molecule has 0 aliphatic heterocycles. The predicted molar refractivity (Wildman–Crippen MR) is 256 cm³/mol. The summed E-state index contributed by atoms with van der Waals surface area (Å²) in [6, 6.07) is 0.614. The zero-order valence-electron chi connectivity index (χ0n) is 40.4. The van der Waals surface area contributed by atoms with Crippen molar-refractivity contribution in [3.05, 3.63) is 22.8 Å². The van der Waals surface area contributed by atoms with Gasteiger partial charge in [-0.05, 0) is 82.6 Å². The summed E-state index contributed by atoms with van der Waals surface area (Å²) in [4.78, 5) is 25.4. The molecule has 3 atom stereocenters. The molecule has 0 aromatic heterocycles. The highest BCUT2D eigenvalue weighted by molar-refractivity contribution is 7.89. The fourth-order valence-corrected chi connectivity index (χ4v) is 9.84. The van der Waals surface area contributed by atoms with Gasteiger partial charge in [-0.3, -0.25) is 14.6 Å². The maximum atomic E-state index is 14.5. The van der Waals surface area contributed by atoms with Gasteiger partial charge in [0.15, 0.2) is 5.96 Å². The highest BCUT2D eigenvalue weighted by atomic mass is 32.2. The Labute approximate surface area is 374 Å². The summed E-state index contributed by atoms with van der Waals surface area (Å²) in [5, 5.41) is 1.39. The van der Waals surface area contributed by atoms with Crippen LogP contribution in [-0.2, 0) is 24.4 Å². The van der Waals surface area contributed by atoms with E-state index < -0.39 is 22.0 Å². The van der Waals surface area contributed by atoms with Gasteiger partial charge in [-0.15, -0.1) is 0 Å². The lowest BCUT2D eigenvalue weighted by atomic mass is 10.0. The van der Waals surface area contributed by atoms with Gasteiger partial charge in [0.2, 0.25) is 10.0 Å². The van der Waals surface area contributed by atoms with Gasteiger partial charge >= 0.3 is 0 Å². The third-order valence-electron chi connectivity index (χ3n) is 11.9. The normalized spacial score (nSPS) is 13.2. The summed E-state index contributed by atoms with van der Waals surface area (Å²) >= 11 is 0. The van der Waals surface area contributed by atoms with Crippen LogP contribution in [0.25, 0.3) is 0 Å². The minimum absolute atomic E-state index is 0.0536. The molecule has 356 valence electrons. The van der Waals surface area contributed by atoms with Gasteiger partial charge in [0.05, 0.1) is 18.1 Å². The molecular weight excluding hydrogens is 787 g/mol. The van der Waals surface area contributed by atoms with Crippen molar-refractivity contribution in [2.75, 3.05) is 26.8 Å². The third kappa shape index (κ3) is 24.9. The van der Waals surface area contributed by atoms with Crippen molar-refractivity contribution in [2.45, 2.75) is 245 Å². The first-order valence-electron chi connectivity index (χ1n) is 24.7. The van der Waals surface area contributed by atoms with E-state index in [1.54, 1.807) is 27.0 Å². The second kappa shape index (κ2) is 35.0. The molecular formula is C49H93N5O6S. The number of rotatable bonds is 40. The van der Waals surface area contributed by atoms with Gasteiger partial charge in [-0.1, -0.05) is 162 Å². The quantitative estimate of drug-likeness (QED) is 0.0254. The van der Waals surface area contributed by atoms with E-state index in [1.807, 2.05) is 20.8 Å². The molecule has 1 aromatic carbocycles. The van der Waals surface area contributed by atoms with E-state index in [-0.39, 0.29) is 36.0 Å². The van der Waals surface area contributed by atoms with Gasteiger partial charge in [0.25, 0.3) is 5.91 Å². The molecule has 1 rings (SSSR count). The van der Waals surface area contributed by atoms with Crippen molar-refractivity contribution in [3.8, 4) is 5.75 Å². The number of aryl methyl sites for hydroxylation is 1. The Bertz CT molecular complexity index is 1420. The van der Waals surface area contributed by atoms with Crippen molar-refractivity contribution < 1.29 is 27.5 Å². The number of sulfonamides is 1. The van der Waals surface area contributed by atoms with Gasteiger partial charge in [0, 0.05) is 19.7 Å². The molecule has 0 aliphatic carbocycles. The smallest absolute Gasteiger partial charge is 0.264 e. The highest BCUT2D eigenvalue weighted by Gasteiger charge is 2.34. The average molecular weight is 880 g/mol. The van der Waals surface area contributed by atoms with Crippen LogP contribution in [0.3, 0.4) is 0 Å². The first kappa shape index (κ1) is 56.6. The summed E-state index contributed by atoms with van der Waals surface area (Å²) in [6.07, 6.45) is 30.4. The Hall–Kier alpha value is -2.41. The molecule has 0 spiro atoms. The Morgan fingerprint density at radius 2 is 1.20 bits per heavy atom. The Morgan fingerprint density at radius 3 is 1.67 bits per heavy atom. The number of hydroxylamine groups is 2. The van der Waals surface area contributed by atoms with Crippen LogP contribution in [0.15, 0.2) is 16.0 Å². The van der Waals surface area contributed by atoms with Crippen LogP contribution in [0.4, 0.5) is 0 Å². The lowest BCUT2D eigenvalue weighted by Crippen LogP contribution is -2.51. The van der Waals surface area contributed by atoms with Gasteiger partial charge < -0.3 is 20.9 Å². The van der Waals surface area contributed by atoms with E-state index in [9.17, 15) is 13.2 Å². The number of nitrogens with two attached hydrogens (primary N) is 2. The molecule has 5 N–H and O–H groups in total. The molecule has 0 radical (unpaired) electrons. The number of unbranched alkanes of at least 4 members (excludes halogenated alkanes) is 21. The average Bonchev–Trinajstić information content (AvgIpc) is 3.22. The molecule has 61 heavy (non-hydrogen) atoms. The SMILES string of the molecule is CCCCCCCCCCCCCCCC(ON(CCC)C(=O)[C@H](CCCN=C(N)N)NS(=O)(=O)c1c(C)cc(OC)c(C)c1C)C(C)OCCCCCCCCCCCC. The summed E-state index contributed by atoms with van der Waals surface area (Å²) < 4.78 is 43.1. The maximum absolute atomic E-state index is 14.5. The molecule has 0 fully saturated rings. The number of benzene rings is 1. The van der Waals surface area contributed by atoms with Gasteiger partial charge in [-0.25, -0.2) is 13.5 Å². The van der Waals surface area contributed by atoms with E-state index in [2.05, 4.69) is 23.6 Å². The number of ether oxygens (including phenoxy) is 2. The maximum Gasteiger partial charge on any atom is 0.264 e. The molecule has 0 aliphatic rings. The highest BCUT2D eigenvalue weighted by Crippen LogP contribution is 2.31. The van der Waals surface area contributed by atoms with Crippen molar-refractivity contribution in [3.63, 3.8) is 0 Å². The van der Waals surface area contributed by atoms with Crippen molar-refractivity contribution >= 4 is 21.9 Å². The van der Waals surface area contributed by atoms with Crippen LogP contribution < -0.4 is 20.9 Å². The zero-order valence-corrected chi connectivity index (χ0v) is 41.2. The number of nitrogens with one attached hydrogen (secondary N) is 1. The first-order valence-corrected chi connectivity index (χ1v) is 26.1. The van der Waals surface area contributed by atoms with Crippen LogP contribution >= 0.6 is 0 Å². The van der Waals surface area contributed by atoms with Crippen LogP contribution in [0, 0.1) is 20.8 Å². The second-order valence-electron chi connectivity index (χ2n) is 17.5. The number of guanidine groups is 1. The predicted octanol–water partition coefficient (Wildman–Crippen LogP) is 11.7. The van der Waals surface area contributed by atoms with Crippen molar-refractivity contribution in [1.82, 2.24) is 9.79 Å². The monoisotopic (exact) mass is 880 g/mol. The molecule has 0 bridgehead atoms. The molecule has 11 nitrogen and oxygen atoms in total. The number of hydrogen-bond acceptors (Lipinski definition) is 7. The second-order valence-corrected chi connectivity index (χ2v) is 19.1. The van der Waals surface area contributed by atoms with E-state index in [4.69, 9.17) is 25.8 Å². The molecule has 1 aromatic rings. The largest absolute Gasteiger partial charge is 0.496 e. The minimum atomic E-state index is -4.14. The molecule has 2 unspecified atom stereocenters. The third-order valence-corrected chi connectivity index (χ3v) is 13.7. The van der Waals surface area contributed by atoms with Gasteiger partial charge in [0.1, 0.15) is 17.9 Å². The van der Waals surface area contributed by atoms with Crippen molar-refractivity contribution in [1.29, 1.82) is 0 Å². The molecule has 0 heterocycles. The van der Waals surface area contributed by atoms with E-state index in [1.165, 1.54) is 127 Å². The molecule has 1 amide bonds. The number of methoxy groups -OCH3 is 1. The number of hydrogen-bond donors (Lipinski definition) is 3. The number of carbonyl (C=O) groups excluding carboxylic acids is 1. The summed E-state index contributed by atoms with van der Waals surface area (Å²) in [5.41, 5.74) is 13.0. The van der Waals surface area contributed by atoms with Crippen molar-refractivity contribution in [2.24, 2.45) is 16.5 Å².